The molecule has 1 aromatic rings. The molecule has 0 saturated carbocycles. The molecular formula is C18H20N2O2. The topological polar surface area (TPSA) is 58.2 Å². The highest BCUT2D eigenvalue weighted by Crippen LogP contribution is 2.35. The monoisotopic (exact) mass is 296 g/mol. The normalized spacial score (nSPS) is 25.2. The Morgan fingerprint density at radius 2 is 2.00 bits per heavy atom. The summed E-state index contributed by atoms with van der Waals surface area (Å²) in [6.07, 6.45) is 4.60. The zero-order valence-corrected chi connectivity index (χ0v) is 12.8. The number of allylic oxidation sites excluding steroid dienone is 1. The number of hydrogen-bond acceptors (Lipinski definition) is 3. The third-order valence-corrected chi connectivity index (χ3v) is 4.50. The molecule has 0 aliphatic carbocycles. The van der Waals surface area contributed by atoms with Crippen LogP contribution in [-0.2, 0) is 9.59 Å². The zero-order chi connectivity index (χ0) is 15.7. The van der Waals surface area contributed by atoms with Gasteiger partial charge < -0.3 is 10.6 Å². The molecule has 0 spiro atoms. The van der Waals surface area contributed by atoms with E-state index in [9.17, 15) is 9.59 Å². The summed E-state index contributed by atoms with van der Waals surface area (Å²) in [7, 11) is 0. The second-order valence-corrected chi connectivity index (χ2v) is 5.67. The van der Waals surface area contributed by atoms with E-state index in [0.717, 1.165) is 41.6 Å². The second kappa shape index (κ2) is 5.79. The fourth-order valence-electron chi connectivity index (χ4n) is 3.38. The van der Waals surface area contributed by atoms with Crippen LogP contribution in [0.4, 0.5) is 5.69 Å². The average molecular weight is 296 g/mol. The molecular weight excluding hydrogens is 276 g/mol. The van der Waals surface area contributed by atoms with Gasteiger partial charge in [-0.1, -0.05) is 32.0 Å². The van der Waals surface area contributed by atoms with Crippen LogP contribution in [0, 0.1) is 5.92 Å². The summed E-state index contributed by atoms with van der Waals surface area (Å²) in [6.45, 7) is 4.11. The van der Waals surface area contributed by atoms with Gasteiger partial charge in [0.05, 0.1) is 6.04 Å². The first-order chi connectivity index (χ1) is 10.7. The number of rotatable bonds is 4. The van der Waals surface area contributed by atoms with Gasteiger partial charge in [-0.2, -0.15) is 0 Å². The van der Waals surface area contributed by atoms with E-state index >= 15 is 0 Å². The highest BCUT2D eigenvalue weighted by molar-refractivity contribution is 6.31. The van der Waals surface area contributed by atoms with Crippen molar-refractivity contribution in [3.8, 4) is 0 Å². The fraction of sp³-hybridized carbons (Fsp3) is 0.333. The predicted octanol–water partition coefficient (Wildman–Crippen LogP) is 2.88. The number of aldehydes is 1. The molecule has 22 heavy (non-hydrogen) atoms. The van der Waals surface area contributed by atoms with E-state index in [-0.39, 0.29) is 17.9 Å². The summed E-state index contributed by atoms with van der Waals surface area (Å²) in [6, 6.07) is 7.68. The van der Waals surface area contributed by atoms with Gasteiger partial charge in [0, 0.05) is 34.0 Å². The van der Waals surface area contributed by atoms with Crippen LogP contribution in [-0.4, -0.2) is 18.2 Å². The first kappa shape index (κ1) is 14.6. The van der Waals surface area contributed by atoms with E-state index in [1.165, 1.54) is 0 Å². The molecule has 3 rings (SSSR count). The van der Waals surface area contributed by atoms with Crippen molar-refractivity contribution in [3.05, 3.63) is 47.2 Å². The van der Waals surface area contributed by atoms with Crippen molar-refractivity contribution >= 4 is 23.5 Å². The fourth-order valence-corrected chi connectivity index (χ4v) is 3.38. The molecule has 0 radical (unpaired) electrons. The summed E-state index contributed by atoms with van der Waals surface area (Å²) in [5.74, 6) is 0.0518. The molecule has 2 unspecified atom stereocenters. The van der Waals surface area contributed by atoms with Gasteiger partial charge in [0.15, 0.2) is 0 Å². The van der Waals surface area contributed by atoms with Crippen molar-refractivity contribution < 1.29 is 9.59 Å². The Morgan fingerprint density at radius 3 is 2.68 bits per heavy atom. The number of anilines is 1. The van der Waals surface area contributed by atoms with Crippen LogP contribution in [0.5, 0.6) is 0 Å². The minimum absolute atomic E-state index is 0.00736. The number of fused-ring (bicyclic) bond motifs is 1. The molecule has 2 N–H and O–H groups in total. The number of carbonyl (C=O) groups excluding carboxylic acids is 2. The summed E-state index contributed by atoms with van der Waals surface area (Å²) < 4.78 is 0. The van der Waals surface area contributed by atoms with Crippen LogP contribution in [0.1, 0.15) is 32.3 Å². The molecule has 4 heteroatoms. The third-order valence-electron chi connectivity index (χ3n) is 4.50. The number of nitrogens with one attached hydrogen (secondary N) is 2. The molecule has 2 atom stereocenters. The molecule has 2 aliphatic rings. The molecule has 1 amide bonds. The summed E-state index contributed by atoms with van der Waals surface area (Å²) in [5, 5.41) is 6.30. The molecule has 0 fully saturated rings. The van der Waals surface area contributed by atoms with E-state index in [4.69, 9.17) is 0 Å². The molecule has 2 aliphatic heterocycles. The quantitative estimate of drug-likeness (QED) is 0.663. The lowest BCUT2D eigenvalue weighted by molar-refractivity contribution is -0.110. The number of benzene rings is 1. The van der Waals surface area contributed by atoms with E-state index in [1.807, 2.05) is 37.3 Å². The van der Waals surface area contributed by atoms with E-state index < -0.39 is 0 Å². The Labute approximate surface area is 130 Å². The minimum Gasteiger partial charge on any atom is -0.381 e. The molecule has 2 heterocycles. The van der Waals surface area contributed by atoms with E-state index in [1.54, 1.807) is 0 Å². The average Bonchev–Trinajstić information content (AvgIpc) is 3.04. The van der Waals surface area contributed by atoms with Crippen LogP contribution in [0.2, 0.25) is 0 Å². The van der Waals surface area contributed by atoms with Crippen molar-refractivity contribution in [2.24, 2.45) is 5.92 Å². The maximum absolute atomic E-state index is 12.2. The Kier molecular flexibility index (Phi) is 3.84. The van der Waals surface area contributed by atoms with Crippen LogP contribution in [0.25, 0.3) is 5.57 Å². The van der Waals surface area contributed by atoms with E-state index in [2.05, 4.69) is 17.6 Å². The lowest BCUT2D eigenvalue weighted by Gasteiger charge is -2.17. The maximum Gasteiger partial charge on any atom is 0.256 e. The van der Waals surface area contributed by atoms with Crippen molar-refractivity contribution in [3.63, 3.8) is 0 Å². The maximum atomic E-state index is 12.2. The number of amides is 1. The summed E-state index contributed by atoms with van der Waals surface area (Å²) in [4.78, 5) is 23.6. The van der Waals surface area contributed by atoms with Crippen molar-refractivity contribution in [2.45, 2.75) is 32.7 Å². The lowest BCUT2D eigenvalue weighted by Crippen LogP contribution is -2.27. The summed E-state index contributed by atoms with van der Waals surface area (Å²) in [5.41, 5.74) is 4.31. The Hall–Kier alpha value is -2.36. The lowest BCUT2D eigenvalue weighted by atomic mass is 9.90. The summed E-state index contributed by atoms with van der Waals surface area (Å²) >= 11 is 0. The molecule has 0 saturated heterocycles. The Morgan fingerprint density at radius 1 is 1.23 bits per heavy atom. The van der Waals surface area contributed by atoms with Gasteiger partial charge in [-0.25, -0.2) is 0 Å². The highest BCUT2D eigenvalue weighted by atomic mass is 16.2. The standard InChI is InChI=1S/C18H20N2O2/c1-3-11-14(10-21)15(4-2)19-17(11)9-13-12-7-5-6-8-16(12)20-18(13)22/h5-11,17,19H,3-4H2,1-2H3,(H,20,22)/b13-9-. The minimum atomic E-state index is -0.0737. The largest absolute Gasteiger partial charge is 0.381 e. The van der Waals surface area contributed by atoms with Gasteiger partial charge in [-0.3, -0.25) is 9.59 Å². The van der Waals surface area contributed by atoms with E-state index in [0.29, 0.717) is 5.57 Å². The zero-order valence-electron chi connectivity index (χ0n) is 12.8. The molecule has 4 nitrogen and oxygen atoms in total. The molecule has 1 aromatic carbocycles. The smallest absolute Gasteiger partial charge is 0.256 e. The van der Waals surface area contributed by atoms with Crippen molar-refractivity contribution in [1.82, 2.24) is 5.32 Å². The first-order valence-electron chi connectivity index (χ1n) is 7.76. The predicted molar refractivity (Wildman–Crippen MR) is 87.1 cm³/mol. The highest BCUT2D eigenvalue weighted by Gasteiger charge is 2.33. The Balaban J connectivity index is 1.96. The molecule has 0 bridgehead atoms. The van der Waals surface area contributed by atoms with Crippen LogP contribution in [0.3, 0.4) is 0 Å². The van der Waals surface area contributed by atoms with Crippen molar-refractivity contribution in [1.29, 1.82) is 0 Å². The SMILES string of the molecule is CCC1=C(C=O)C(CC)C(/C=C2\C(=O)Nc3ccccc32)N1. The Bertz CT molecular complexity index is 688. The number of hydrogen-bond donors (Lipinski definition) is 2. The molecule has 0 aromatic heterocycles. The van der Waals surface area contributed by atoms with Gasteiger partial charge in [-0.05, 0) is 25.0 Å². The van der Waals surface area contributed by atoms with Crippen LogP contribution >= 0.6 is 0 Å². The first-order valence-corrected chi connectivity index (χ1v) is 7.76. The van der Waals surface area contributed by atoms with Gasteiger partial charge in [0.1, 0.15) is 6.29 Å². The van der Waals surface area contributed by atoms with Gasteiger partial charge >= 0.3 is 0 Å². The van der Waals surface area contributed by atoms with Crippen LogP contribution in [0.15, 0.2) is 41.6 Å². The van der Waals surface area contributed by atoms with Gasteiger partial charge in [-0.15, -0.1) is 0 Å². The second-order valence-electron chi connectivity index (χ2n) is 5.67. The van der Waals surface area contributed by atoms with Gasteiger partial charge in [0.2, 0.25) is 0 Å². The van der Waals surface area contributed by atoms with Gasteiger partial charge in [0.25, 0.3) is 5.91 Å². The van der Waals surface area contributed by atoms with Crippen LogP contribution < -0.4 is 10.6 Å². The van der Waals surface area contributed by atoms with Crippen molar-refractivity contribution in [2.75, 3.05) is 5.32 Å². The number of carbonyl (C=O) groups is 2. The number of para-hydroxylation sites is 1. The third kappa shape index (κ3) is 2.25. The molecule has 114 valence electrons.